The van der Waals surface area contributed by atoms with E-state index in [1.165, 1.54) is 0 Å². The van der Waals surface area contributed by atoms with Gasteiger partial charge in [-0.25, -0.2) is 0 Å². The Bertz CT molecular complexity index is 934. The molecule has 5 nitrogen and oxygen atoms in total. The first-order chi connectivity index (χ1) is 15.0. The van der Waals surface area contributed by atoms with Crippen LogP contribution in [0.4, 0.5) is 0 Å². The van der Waals surface area contributed by atoms with Gasteiger partial charge in [-0.1, -0.05) is 6.92 Å². The zero-order valence-corrected chi connectivity index (χ0v) is 20.7. The molecule has 0 spiro atoms. The third-order valence-corrected chi connectivity index (χ3v) is 7.24. The Morgan fingerprint density at radius 1 is 1.00 bits per heavy atom. The summed E-state index contributed by atoms with van der Waals surface area (Å²) in [4.78, 5) is 28.7. The molecule has 0 radical (unpaired) electrons. The topological polar surface area (TPSA) is 55.8 Å². The van der Waals surface area contributed by atoms with Crippen molar-refractivity contribution < 1.29 is 19.1 Å². The quantitative estimate of drug-likeness (QED) is 0.449. The fourth-order valence-corrected chi connectivity index (χ4v) is 5.96. The van der Waals surface area contributed by atoms with E-state index in [4.69, 9.17) is 9.47 Å². The van der Waals surface area contributed by atoms with E-state index in [1.807, 2.05) is 6.07 Å². The summed E-state index contributed by atoms with van der Waals surface area (Å²) >= 11 is 2.27. The third-order valence-electron chi connectivity index (χ3n) is 6.44. The zero-order chi connectivity index (χ0) is 22.1. The SMILES string of the molecule is CCCOc1c(I)cc(C2C3=C(CCCC3=O)N(CC)C3=C2C(=O)CCC3)cc1OC. The standard InChI is InChI=1S/C25H30INO4/c1-4-12-31-25-16(26)13-15(14-21(25)30-3)22-23-17(8-6-10-19(23)28)27(5-2)18-9-7-11-20(29)24(18)22/h13-14,22H,4-12H2,1-3H3. The number of ketones is 2. The first-order valence-electron chi connectivity index (χ1n) is 11.3. The Labute approximate surface area is 198 Å². The van der Waals surface area contributed by atoms with Gasteiger partial charge in [-0.3, -0.25) is 9.59 Å². The number of carbonyl (C=O) groups is 2. The molecule has 0 aromatic heterocycles. The second-order valence-corrected chi connectivity index (χ2v) is 9.50. The maximum absolute atomic E-state index is 13.2. The molecule has 0 bridgehead atoms. The van der Waals surface area contributed by atoms with E-state index in [0.717, 1.165) is 76.1 Å². The molecule has 31 heavy (non-hydrogen) atoms. The van der Waals surface area contributed by atoms with E-state index in [1.54, 1.807) is 7.11 Å². The van der Waals surface area contributed by atoms with Gasteiger partial charge in [0.05, 0.1) is 17.3 Å². The average Bonchev–Trinajstić information content (AvgIpc) is 2.76. The van der Waals surface area contributed by atoms with Crippen molar-refractivity contribution in [3.8, 4) is 11.5 Å². The minimum Gasteiger partial charge on any atom is -0.493 e. The van der Waals surface area contributed by atoms with Gasteiger partial charge in [-0.05, 0) is 79.3 Å². The van der Waals surface area contributed by atoms with Crippen molar-refractivity contribution in [2.24, 2.45) is 0 Å². The highest BCUT2D eigenvalue weighted by molar-refractivity contribution is 14.1. The van der Waals surface area contributed by atoms with Crippen LogP contribution in [0.25, 0.3) is 0 Å². The van der Waals surface area contributed by atoms with E-state index < -0.39 is 0 Å². The van der Waals surface area contributed by atoms with Crippen LogP contribution in [-0.2, 0) is 9.59 Å². The molecule has 1 heterocycles. The second-order valence-electron chi connectivity index (χ2n) is 8.33. The summed E-state index contributed by atoms with van der Waals surface area (Å²) in [6.07, 6.45) is 5.55. The van der Waals surface area contributed by atoms with Gasteiger partial charge in [0, 0.05) is 47.8 Å². The molecule has 0 N–H and O–H groups in total. The Morgan fingerprint density at radius 3 is 2.13 bits per heavy atom. The van der Waals surface area contributed by atoms with Crippen LogP contribution in [0.15, 0.2) is 34.7 Å². The molecule has 1 aliphatic heterocycles. The zero-order valence-electron chi connectivity index (χ0n) is 18.6. The molecular formula is C25H30INO4. The van der Waals surface area contributed by atoms with Gasteiger partial charge in [0.15, 0.2) is 23.1 Å². The van der Waals surface area contributed by atoms with Gasteiger partial charge in [0.25, 0.3) is 0 Å². The number of hydrogen-bond acceptors (Lipinski definition) is 5. The Hall–Kier alpha value is -1.83. The lowest BCUT2D eigenvalue weighted by Crippen LogP contribution is -2.39. The number of ether oxygens (including phenoxy) is 2. The number of Topliss-reactive ketones (excluding diaryl/α,β-unsaturated/α-hetero) is 2. The van der Waals surface area contributed by atoms with Crippen LogP contribution in [0.1, 0.15) is 70.3 Å². The number of rotatable bonds is 6. The summed E-state index contributed by atoms with van der Waals surface area (Å²) in [5.41, 5.74) is 4.84. The normalized spacial score (nSPS) is 19.5. The predicted octanol–water partition coefficient (Wildman–Crippen LogP) is 5.52. The van der Waals surface area contributed by atoms with Crippen molar-refractivity contribution in [1.82, 2.24) is 4.90 Å². The molecule has 166 valence electrons. The number of nitrogens with zero attached hydrogens (tertiary/aromatic N) is 1. The average molecular weight is 535 g/mol. The molecule has 0 fully saturated rings. The Kier molecular flexibility index (Phi) is 6.74. The van der Waals surface area contributed by atoms with E-state index in [0.29, 0.717) is 25.2 Å². The molecule has 1 aromatic carbocycles. The highest BCUT2D eigenvalue weighted by Crippen LogP contribution is 2.50. The fourth-order valence-electron chi connectivity index (χ4n) is 5.18. The van der Waals surface area contributed by atoms with Gasteiger partial charge < -0.3 is 14.4 Å². The third kappa shape index (κ3) is 3.92. The number of carbonyl (C=O) groups excluding carboxylic acids is 2. The van der Waals surface area contributed by atoms with Crippen LogP contribution in [0.2, 0.25) is 0 Å². The summed E-state index contributed by atoms with van der Waals surface area (Å²) in [5, 5.41) is 0. The molecule has 0 atom stereocenters. The highest BCUT2D eigenvalue weighted by atomic mass is 127. The van der Waals surface area contributed by atoms with Crippen LogP contribution < -0.4 is 9.47 Å². The summed E-state index contributed by atoms with van der Waals surface area (Å²) in [5.74, 6) is 1.43. The first-order valence-corrected chi connectivity index (χ1v) is 12.4. The number of allylic oxidation sites excluding steroid dienone is 4. The Morgan fingerprint density at radius 2 is 1.61 bits per heavy atom. The molecule has 0 unspecified atom stereocenters. The van der Waals surface area contributed by atoms with Crippen molar-refractivity contribution in [2.75, 3.05) is 20.3 Å². The molecule has 0 saturated heterocycles. The monoisotopic (exact) mass is 535 g/mol. The second kappa shape index (κ2) is 9.35. The minimum atomic E-state index is -0.309. The van der Waals surface area contributed by atoms with Crippen molar-refractivity contribution in [2.45, 2.75) is 64.7 Å². The molecule has 1 aromatic rings. The molecule has 0 amide bonds. The highest BCUT2D eigenvalue weighted by Gasteiger charge is 2.43. The van der Waals surface area contributed by atoms with Crippen molar-refractivity contribution in [3.05, 3.63) is 43.8 Å². The smallest absolute Gasteiger partial charge is 0.174 e. The van der Waals surface area contributed by atoms with Crippen molar-refractivity contribution in [3.63, 3.8) is 0 Å². The minimum absolute atomic E-state index is 0.176. The van der Waals surface area contributed by atoms with Crippen LogP contribution in [0.5, 0.6) is 11.5 Å². The molecular weight excluding hydrogens is 505 g/mol. The predicted molar refractivity (Wildman–Crippen MR) is 128 cm³/mol. The van der Waals surface area contributed by atoms with Gasteiger partial charge in [0.1, 0.15) is 0 Å². The van der Waals surface area contributed by atoms with Crippen LogP contribution in [0.3, 0.4) is 0 Å². The molecule has 6 heteroatoms. The van der Waals surface area contributed by atoms with Gasteiger partial charge in [0.2, 0.25) is 0 Å². The summed E-state index contributed by atoms with van der Waals surface area (Å²) in [6, 6.07) is 4.04. The van der Waals surface area contributed by atoms with E-state index in [9.17, 15) is 9.59 Å². The number of hydrogen-bond donors (Lipinski definition) is 0. The summed E-state index contributed by atoms with van der Waals surface area (Å²) in [7, 11) is 1.64. The lowest BCUT2D eigenvalue weighted by Gasteiger charge is -2.43. The van der Waals surface area contributed by atoms with Gasteiger partial charge in [-0.15, -0.1) is 0 Å². The molecule has 0 saturated carbocycles. The van der Waals surface area contributed by atoms with E-state index >= 15 is 0 Å². The van der Waals surface area contributed by atoms with Crippen LogP contribution >= 0.6 is 22.6 Å². The number of halogens is 1. The Balaban J connectivity index is 1.92. The van der Waals surface area contributed by atoms with Crippen molar-refractivity contribution >= 4 is 34.2 Å². The first kappa shape index (κ1) is 22.4. The van der Waals surface area contributed by atoms with Gasteiger partial charge in [-0.2, -0.15) is 0 Å². The van der Waals surface area contributed by atoms with Gasteiger partial charge >= 0.3 is 0 Å². The summed E-state index contributed by atoms with van der Waals surface area (Å²) < 4.78 is 12.6. The summed E-state index contributed by atoms with van der Waals surface area (Å²) in [6.45, 7) is 5.58. The van der Waals surface area contributed by atoms with E-state index in [2.05, 4.69) is 47.4 Å². The lowest BCUT2D eigenvalue weighted by atomic mass is 9.71. The van der Waals surface area contributed by atoms with E-state index in [-0.39, 0.29) is 17.5 Å². The largest absolute Gasteiger partial charge is 0.493 e. The molecule has 4 rings (SSSR count). The molecule has 3 aliphatic rings. The fraction of sp³-hybridized carbons (Fsp3) is 0.520. The number of benzene rings is 1. The number of methoxy groups -OCH3 is 1. The maximum Gasteiger partial charge on any atom is 0.174 e. The van der Waals surface area contributed by atoms with Crippen molar-refractivity contribution in [1.29, 1.82) is 0 Å². The molecule has 2 aliphatic carbocycles. The van der Waals surface area contributed by atoms with Crippen LogP contribution in [-0.4, -0.2) is 36.7 Å². The maximum atomic E-state index is 13.2. The lowest BCUT2D eigenvalue weighted by molar-refractivity contribution is -0.117. The van der Waals surface area contributed by atoms with Crippen LogP contribution in [0, 0.1) is 3.57 Å².